The van der Waals surface area contributed by atoms with E-state index in [1.807, 2.05) is 48.5 Å². The Kier molecular flexibility index (Phi) is 6.72. The Labute approximate surface area is 214 Å². The minimum absolute atomic E-state index is 0.231. The summed E-state index contributed by atoms with van der Waals surface area (Å²) in [5.41, 5.74) is 3.63. The van der Waals surface area contributed by atoms with Crippen molar-refractivity contribution in [2.75, 3.05) is 4.90 Å². The molecule has 0 spiro atoms. The van der Waals surface area contributed by atoms with Gasteiger partial charge in [0.2, 0.25) is 11.8 Å². The van der Waals surface area contributed by atoms with Crippen LogP contribution in [0.5, 0.6) is 0 Å². The quantitative estimate of drug-likeness (QED) is 0.464. The number of carbonyl (C=O) groups excluding carboxylic acids is 3. The van der Waals surface area contributed by atoms with Gasteiger partial charge in [-0.2, -0.15) is 0 Å². The maximum atomic E-state index is 13.6. The molecular weight excluding hydrogens is 470 g/mol. The fraction of sp³-hybridized carbons (Fsp3) is 0.241. The van der Waals surface area contributed by atoms with Crippen LogP contribution >= 0.6 is 0 Å². The first-order valence-corrected chi connectivity index (χ1v) is 12.3. The second kappa shape index (κ2) is 10.3. The normalized spacial score (nSPS) is 18.9. The lowest BCUT2D eigenvalue weighted by Gasteiger charge is -2.27. The molecule has 2 aliphatic rings. The van der Waals surface area contributed by atoms with Gasteiger partial charge >= 0.3 is 5.97 Å². The maximum absolute atomic E-state index is 13.6. The Morgan fingerprint density at radius 2 is 1.59 bits per heavy atom. The molecule has 0 unspecified atom stereocenters. The fourth-order valence-electron chi connectivity index (χ4n) is 5.12. The molecule has 3 N–H and O–H groups in total. The Bertz CT molecular complexity index is 1340. The number of carboxylic acids is 1. The number of nitrogens with one attached hydrogen (secondary N) is 2. The van der Waals surface area contributed by atoms with Gasteiger partial charge in [-0.15, -0.1) is 0 Å². The summed E-state index contributed by atoms with van der Waals surface area (Å²) in [4.78, 5) is 53.4. The molecule has 3 aromatic carbocycles. The third-order valence-corrected chi connectivity index (χ3v) is 6.95. The molecule has 0 saturated carbocycles. The summed E-state index contributed by atoms with van der Waals surface area (Å²) >= 11 is 0. The molecule has 2 aliphatic heterocycles. The molecule has 37 heavy (non-hydrogen) atoms. The molecule has 3 atom stereocenters. The predicted octanol–water partition coefficient (Wildman–Crippen LogP) is 2.50. The highest BCUT2D eigenvalue weighted by molar-refractivity contribution is 6.07. The van der Waals surface area contributed by atoms with Crippen molar-refractivity contribution < 1.29 is 24.3 Å². The van der Waals surface area contributed by atoms with Gasteiger partial charge in [-0.3, -0.25) is 19.3 Å². The monoisotopic (exact) mass is 497 g/mol. The number of hydrogen-bond donors (Lipinski definition) is 3. The third kappa shape index (κ3) is 4.95. The van der Waals surface area contributed by atoms with E-state index in [0.29, 0.717) is 24.1 Å². The topological polar surface area (TPSA) is 116 Å². The van der Waals surface area contributed by atoms with Crippen molar-refractivity contribution in [3.05, 3.63) is 101 Å². The number of carbonyl (C=O) groups is 4. The largest absolute Gasteiger partial charge is 0.480 e. The third-order valence-electron chi connectivity index (χ3n) is 6.95. The summed E-state index contributed by atoms with van der Waals surface area (Å²) < 4.78 is 0. The van der Waals surface area contributed by atoms with Crippen LogP contribution in [0.2, 0.25) is 0 Å². The van der Waals surface area contributed by atoms with E-state index in [1.165, 1.54) is 4.90 Å². The lowest BCUT2D eigenvalue weighted by Crippen LogP contribution is -2.56. The molecule has 0 bridgehead atoms. The zero-order valence-electron chi connectivity index (χ0n) is 20.1. The molecule has 3 aromatic rings. The standard InChI is InChI=1S/C29H27N3O5/c33-26(20-10-5-2-6-11-20)31-23(16-18-8-3-1-4-9-18)27(34)30-22-15-14-19-12-7-13-21-17-24(29(36)37)32(25(19)21)28(22)35/h1-13,22-24H,14-17H2,(H,30,34)(H,31,33)(H,36,37)/t22-,23-,24-/m0/s1. The summed E-state index contributed by atoms with van der Waals surface area (Å²) in [5, 5.41) is 15.5. The van der Waals surface area contributed by atoms with E-state index in [9.17, 15) is 24.3 Å². The second-order valence-electron chi connectivity index (χ2n) is 9.37. The van der Waals surface area contributed by atoms with Gasteiger partial charge in [-0.05, 0) is 41.7 Å². The average molecular weight is 498 g/mol. The first kappa shape index (κ1) is 24.2. The summed E-state index contributed by atoms with van der Waals surface area (Å²) in [7, 11) is 0. The number of anilines is 1. The first-order chi connectivity index (χ1) is 17.9. The van der Waals surface area contributed by atoms with Crippen LogP contribution in [-0.4, -0.2) is 46.9 Å². The van der Waals surface area contributed by atoms with Crippen LogP contribution in [0.15, 0.2) is 78.9 Å². The molecule has 5 rings (SSSR count). The Morgan fingerprint density at radius 3 is 2.30 bits per heavy atom. The summed E-state index contributed by atoms with van der Waals surface area (Å²) in [5.74, 6) is -2.42. The van der Waals surface area contributed by atoms with Crippen molar-refractivity contribution in [1.29, 1.82) is 0 Å². The van der Waals surface area contributed by atoms with Gasteiger partial charge in [-0.25, -0.2) is 4.79 Å². The number of nitrogens with zero attached hydrogens (tertiary/aromatic N) is 1. The number of hydrogen-bond acceptors (Lipinski definition) is 4. The van der Waals surface area contributed by atoms with Crippen molar-refractivity contribution >= 4 is 29.4 Å². The highest BCUT2D eigenvalue weighted by Crippen LogP contribution is 2.39. The number of amides is 3. The molecule has 8 nitrogen and oxygen atoms in total. The molecule has 0 fully saturated rings. The van der Waals surface area contributed by atoms with Gasteiger partial charge in [0, 0.05) is 18.4 Å². The minimum Gasteiger partial charge on any atom is -0.480 e. The van der Waals surface area contributed by atoms with Crippen LogP contribution in [0, 0.1) is 0 Å². The SMILES string of the molecule is O=C(N[C@@H](Cc1ccccc1)C(=O)N[C@H]1CCc2cccc3c2N(C1=O)[C@H](C(=O)O)C3)c1ccccc1. The number of aryl methyl sites for hydroxylation is 1. The average Bonchev–Trinajstić information content (AvgIpc) is 3.26. The highest BCUT2D eigenvalue weighted by Gasteiger charge is 2.44. The predicted molar refractivity (Wildman–Crippen MR) is 137 cm³/mol. The summed E-state index contributed by atoms with van der Waals surface area (Å²) in [6, 6.07) is 20.7. The number of para-hydroxylation sites is 1. The molecule has 8 heteroatoms. The zero-order valence-corrected chi connectivity index (χ0v) is 20.1. The minimum atomic E-state index is -1.08. The van der Waals surface area contributed by atoms with E-state index in [2.05, 4.69) is 10.6 Å². The van der Waals surface area contributed by atoms with Gasteiger partial charge < -0.3 is 15.7 Å². The van der Waals surface area contributed by atoms with Crippen molar-refractivity contribution in [1.82, 2.24) is 10.6 Å². The van der Waals surface area contributed by atoms with Crippen LogP contribution in [0.3, 0.4) is 0 Å². The first-order valence-electron chi connectivity index (χ1n) is 12.3. The van der Waals surface area contributed by atoms with Crippen molar-refractivity contribution in [3.63, 3.8) is 0 Å². The Hall–Kier alpha value is -4.46. The number of rotatable bonds is 7. The Morgan fingerprint density at radius 1 is 0.919 bits per heavy atom. The summed E-state index contributed by atoms with van der Waals surface area (Å²) in [6.45, 7) is 0. The lowest BCUT2D eigenvalue weighted by molar-refractivity contribution is -0.140. The van der Waals surface area contributed by atoms with Gasteiger partial charge in [-0.1, -0.05) is 66.7 Å². The van der Waals surface area contributed by atoms with E-state index >= 15 is 0 Å². The van der Waals surface area contributed by atoms with E-state index in [-0.39, 0.29) is 12.8 Å². The maximum Gasteiger partial charge on any atom is 0.327 e. The number of carboxylic acid groups (broad SMARTS) is 1. The molecule has 3 amide bonds. The van der Waals surface area contributed by atoms with Gasteiger partial charge in [0.15, 0.2) is 0 Å². The van der Waals surface area contributed by atoms with Crippen molar-refractivity contribution in [2.45, 2.75) is 43.8 Å². The molecule has 188 valence electrons. The number of benzene rings is 3. The second-order valence-corrected chi connectivity index (χ2v) is 9.37. The van der Waals surface area contributed by atoms with E-state index < -0.39 is 41.8 Å². The van der Waals surface area contributed by atoms with Crippen LogP contribution in [-0.2, 0) is 33.6 Å². The smallest absolute Gasteiger partial charge is 0.327 e. The van der Waals surface area contributed by atoms with Gasteiger partial charge in [0.25, 0.3) is 5.91 Å². The molecule has 2 heterocycles. The van der Waals surface area contributed by atoms with Gasteiger partial charge in [0.1, 0.15) is 18.1 Å². The van der Waals surface area contributed by atoms with Crippen LogP contribution in [0.1, 0.15) is 33.5 Å². The van der Waals surface area contributed by atoms with Crippen molar-refractivity contribution in [2.24, 2.45) is 0 Å². The zero-order chi connectivity index (χ0) is 25.9. The van der Waals surface area contributed by atoms with Crippen LogP contribution in [0.4, 0.5) is 5.69 Å². The Balaban J connectivity index is 1.39. The highest BCUT2D eigenvalue weighted by atomic mass is 16.4. The molecule has 0 radical (unpaired) electrons. The van der Waals surface area contributed by atoms with Crippen LogP contribution in [0.25, 0.3) is 0 Å². The molecule has 0 aromatic heterocycles. The summed E-state index contributed by atoms with van der Waals surface area (Å²) in [6.07, 6.45) is 1.31. The van der Waals surface area contributed by atoms with Crippen molar-refractivity contribution in [3.8, 4) is 0 Å². The van der Waals surface area contributed by atoms with Gasteiger partial charge in [0.05, 0.1) is 5.69 Å². The molecular formula is C29H27N3O5. The molecule has 0 saturated heterocycles. The van der Waals surface area contributed by atoms with E-state index in [0.717, 1.165) is 16.7 Å². The lowest BCUT2D eigenvalue weighted by atomic mass is 10.0. The van der Waals surface area contributed by atoms with E-state index in [1.54, 1.807) is 30.3 Å². The fourth-order valence-corrected chi connectivity index (χ4v) is 5.12. The van der Waals surface area contributed by atoms with Crippen LogP contribution < -0.4 is 15.5 Å². The molecule has 0 aliphatic carbocycles. The number of aliphatic carboxylic acids is 1. The van der Waals surface area contributed by atoms with E-state index in [4.69, 9.17) is 0 Å².